The van der Waals surface area contributed by atoms with Crippen LogP contribution in [0, 0.1) is 0 Å². The third kappa shape index (κ3) is 3.24. The summed E-state index contributed by atoms with van der Waals surface area (Å²) in [6.45, 7) is 1.32. The minimum Gasteiger partial charge on any atom is -0.314 e. The van der Waals surface area contributed by atoms with Crippen molar-refractivity contribution < 1.29 is 26.3 Å². The maximum atomic E-state index is 13.0. The van der Waals surface area contributed by atoms with Crippen LogP contribution < -0.4 is 10.6 Å². The molecule has 0 radical (unpaired) electrons. The number of hydrogen-bond donors (Lipinski definition) is 2. The lowest BCUT2D eigenvalue weighted by Crippen LogP contribution is -2.43. The Bertz CT molecular complexity index is 474. The second-order valence-corrected chi connectivity index (χ2v) is 4.51. The minimum atomic E-state index is -4.82. The number of hydrogen-bond acceptors (Lipinski definition) is 2. The van der Waals surface area contributed by atoms with Gasteiger partial charge in [-0.3, -0.25) is 0 Å². The van der Waals surface area contributed by atoms with Crippen LogP contribution in [0.1, 0.15) is 22.7 Å². The molecule has 0 aromatic heterocycles. The maximum absolute atomic E-state index is 13.0. The molecule has 0 saturated carbocycles. The smallest absolute Gasteiger partial charge is 0.314 e. The summed E-state index contributed by atoms with van der Waals surface area (Å²) in [6, 6.07) is 1.10. The zero-order valence-electron chi connectivity index (χ0n) is 10.2. The van der Waals surface area contributed by atoms with Crippen molar-refractivity contribution >= 4 is 0 Å². The second kappa shape index (κ2) is 5.25. The van der Waals surface area contributed by atoms with Gasteiger partial charge < -0.3 is 10.6 Å². The van der Waals surface area contributed by atoms with E-state index < -0.39 is 29.5 Å². The van der Waals surface area contributed by atoms with Crippen molar-refractivity contribution in [2.75, 3.05) is 19.6 Å². The van der Waals surface area contributed by atoms with Crippen molar-refractivity contribution in [1.82, 2.24) is 10.6 Å². The van der Waals surface area contributed by atoms with Crippen molar-refractivity contribution in [2.24, 2.45) is 0 Å². The summed E-state index contributed by atoms with van der Waals surface area (Å²) in [5.41, 5.74) is -2.71. The quantitative estimate of drug-likeness (QED) is 0.779. The summed E-state index contributed by atoms with van der Waals surface area (Å²) >= 11 is 0. The highest BCUT2D eigenvalue weighted by molar-refractivity contribution is 5.38. The third-order valence-electron chi connectivity index (χ3n) is 3.10. The van der Waals surface area contributed by atoms with Crippen molar-refractivity contribution in [3.05, 3.63) is 34.9 Å². The molecule has 1 aliphatic rings. The van der Waals surface area contributed by atoms with E-state index in [1.54, 1.807) is 0 Å². The first-order valence-electron chi connectivity index (χ1n) is 5.92. The Morgan fingerprint density at radius 2 is 1.65 bits per heavy atom. The van der Waals surface area contributed by atoms with Crippen molar-refractivity contribution in [3.8, 4) is 0 Å². The molecule has 8 heteroatoms. The molecule has 0 spiro atoms. The van der Waals surface area contributed by atoms with Gasteiger partial charge in [0.15, 0.2) is 0 Å². The topological polar surface area (TPSA) is 24.1 Å². The lowest BCUT2D eigenvalue weighted by molar-refractivity contribution is -0.143. The molecule has 1 aliphatic heterocycles. The lowest BCUT2D eigenvalue weighted by atomic mass is 9.96. The van der Waals surface area contributed by atoms with Crippen LogP contribution in [0.25, 0.3) is 0 Å². The van der Waals surface area contributed by atoms with Crippen LogP contribution >= 0.6 is 0 Å². The van der Waals surface area contributed by atoms with E-state index in [9.17, 15) is 26.3 Å². The molecule has 1 saturated heterocycles. The molecule has 20 heavy (non-hydrogen) atoms. The summed E-state index contributed by atoms with van der Waals surface area (Å²) in [7, 11) is 0. The molecule has 0 unspecified atom stereocenters. The summed E-state index contributed by atoms with van der Waals surface area (Å²) in [6.07, 6.45) is -9.62. The van der Waals surface area contributed by atoms with Gasteiger partial charge in [0.05, 0.1) is 11.1 Å². The molecule has 1 atom stereocenters. The summed E-state index contributed by atoms with van der Waals surface area (Å²) in [4.78, 5) is 0. The maximum Gasteiger partial charge on any atom is 0.416 e. The largest absolute Gasteiger partial charge is 0.416 e. The first-order valence-corrected chi connectivity index (χ1v) is 5.92. The van der Waals surface area contributed by atoms with Gasteiger partial charge in [-0.15, -0.1) is 0 Å². The van der Waals surface area contributed by atoms with Crippen LogP contribution in [-0.4, -0.2) is 19.6 Å². The van der Waals surface area contributed by atoms with Crippen LogP contribution in [0.3, 0.4) is 0 Å². The van der Waals surface area contributed by atoms with Crippen molar-refractivity contribution in [1.29, 1.82) is 0 Å². The van der Waals surface area contributed by atoms with Crippen LogP contribution in [0.5, 0.6) is 0 Å². The molecule has 2 nitrogen and oxygen atoms in total. The number of halogens is 6. The van der Waals surface area contributed by atoms with Gasteiger partial charge in [-0.05, 0) is 17.7 Å². The highest BCUT2D eigenvalue weighted by atomic mass is 19.4. The summed E-state index contributed by atoms with van der Waals surface area (Å²) in [5, 5.41) is 5.77. The molecule has 2 rings (SSSR count). The van der Waals surface area contributed by atoms with E-state index in [-0.39, 0.29) is 18.2 Å². The van der Waals surface area contributed by atoms with E-state index >= 15 is 0 Å². The zero-order chi connectivity index (χ0) is 15.0. The molecule has 0 aliphatic carbocycles. The minimum absolute atomic E-state index is 0.169. The normalized spacial score (nSPS) is 21.0. The predicted molar refractivity (Wildman–Crippen MR) is 60.1 cm³/mol. The fourth-order valence-corrected chi connectivity index (χ4v) is 2.16. The second-order valence-electron chi connectivity index (χ2n) is 4.51. The van der Waals surface area contributed by atoms with E-state index in [4.69, 9.17) is 0 Å². The monoisotopic (exact) mass is 298 g/mol. The van der Waals surface area contributed by atoms with Crippen molar-refractivity contribution in [3.63, 3.8) is 0 Å². The Morgan fingerprint density at radius 1 is 0.950 bits per heavy atom. The molecule has 1 aromatic carbocycles. The molecular formula is C12H12F6N2. The lowest BCUT2D eigenvalue weighted by Gasteiger charge is -2.27. The highest BCUT2D eigenvalue weighted by Crippen LogP contribution is 2.39. The molecule has 0 bridgehead atoms. The SMILES string of the molecule is FC(F)(F)c1ccc([C@H]2CNCCN2)c(C(F)(F)F)c1. The highest BCUT2D eigenvalue weighted by Gasteiger charge is 2.39. The Balaban J connectivity index is 2.45. The van der Waals surface area contributed by atoms with Crippen molar-refractivity contribution in [2.45, 2.75) is 18.4 Å². The Hall–Kier alpha value is -1.28. The van der Waals surface area contributed by atoms with Gasteiger partial charge in [0, 0.05) is 25.7 Å². The van der Waals surface area contributed by atoms with Gasteiger partial charge in [0.1, 0.15) is 0 Å². The van der Waals surface area contributed by atoms with Crippen LogP contribution in [0.4, 0.5) is 26.3 Å². The first-order chi connectivity index (χ1) is 9.19. The van der Waals surface area contributed by atoms with E-state index in [0.717, 1.165) is 6.07 Å². The fraction of sp³-hybridized carbons (Fsp3) is 0.500. The van der Waals surface area contributed by atoms with E-state index in [1.807, 2.05) is 0 Å². The van der Waals surface area contributed by atoms with E-state index in [0.29, 0.717) is 19.2 Å². The summed E-state index contributed by atoms with van der Waals surface area (Å²) < 4.78 is 76.5. The van der Waals surface area contributed by atoms with Gasteiger partial charge in [0.2, 0.25) is 0 Å². The first kappa shape index (κ1) is 15.1. The predicted octanol–water partition coefficient (Wildman–Crippen LogP) is 2.96. The number of alkyl halides is 6. The third-order valence-corrected chi connectivity index (χ3v) is 3.10. The van der Waals surface area contributed by atoms with E-state index in [2.05, 4.69) is 10.6 Å². The Morgan fingerprint density at radius 3 is 2.15 bits per heavy atom. The molecule has 112 valence electrons. The van der Waals surface area contributed by atoms with Crippen LogP contribution in [0.2, 0.25) is 0 Å². The molecule has 2 N–H and O–H groups in total. The van der Waals surface area contributed by atoms with Gasteiger partial charge in [-0.2, -0.15) is 26.3 Å². The molecule has 0 amide bonds. The van der Waals surface area contributed by atoms with Gasteiger partial charge >= 0.3 is 12.4 Å². The number of nitrogens with one attached hydrogen (secondary N) is 2. The zero-order valence-corrected chi connectivity index (χ0v) is 10.2. The molecular weight excluding hydrogens is 286 g/mol. The average molecular weight is 298 g/mol. The van der Waals surface area contributed by atoms with Crippen LogP contribution in [-0.2, 0) is 12.4 Å². The van der Waals surface area contributed by atoms with Gasteiger partial charge in [-0.1, -0.05) is 6.07 Å². The molecule has 1 aromatic rings. The van der Waals surface area contributed by atoms with Crippen LogP contribution in [0.15, 0.2) is 18.2 Å². The number of piperazine rings is 1. The summed E-state index contributed by atoms with van der Waals surface area (Å²) in [5.74, 6) is 0. The average Bonchev–Trinajstić information content (AvgIpc) is 2.37. The van der Waals surface area contributed by atoms with Gasteiger partial charge in [-0.25, -0.2) is 0 Å². The molecule has 1 heterocycles. The van der Waals surface area contributed by atoms with Gasteiger partial charge in [0.25, 0.3) is 0 Å². The number of benzene rings is 1. The Kier molecular flexibility index (Phi) is 3.97. The standard InChI is InChI=1S/C12H12F6N2/c13-11(14,15)7-1-2-8(9(5-7)12(16,17)18)10-6-19-3-4-20-10/h1-2,5,10,19-20H,3-4,6H2/t10-/m1/s1. The molecule has 1 fully saturated rings. The Labute approximate surface area is 111 Å². The fourth-order valence-electron chi connectivity index (χ4n) is 2.16. The van der Waals surface area contributed by atoms with E-state index in [1.165, 1.54) is 0 Å². The number of rotatable bonds is 1.